The van der Waals surface area contributed by atoms with E-state index in [0.717, 1.165) is 12.1 Å². The fraction of sp³-hybridized carbons (Fsp3) is 0.300. The Bertz CT molecular complexity index is 321. The van der Waals surface area contributed by atoms with E-state index in [9.17, 15) is 17.6 Å². The minimum absolute atomic E-state index is 0.359. The van der Waals surface area contributed by atoms with Crippen LogP contribution in [0.2, 0.25) is 0 Å². The highest BCUT2D eigenvalue weighted by Crippen LogP contribution is 2.26. The molecule has 1 nitrogen and oxygen atoms in total. The molecule has 0 heterocycles. The summed E-state index contributed by atoms with van der Waals surface area (Å²) in [6, 6.07) is 5.15. The van der Waals surface area contributed by atoms with E-state index in [-0.39, 0.29) is 5.75 Å². The zero-order valence-electron chi connectivity index (χ0n) is 7.72. The van der Waals surface area contributed by atoms with Gasteiger partial charge in [0.25, 0.3) is 0 Å². The summed E-state index contributed by atoms with van der Waals surface area (Å²) in [6.45, 7) is 2.73. The van der Waals surface area contributed by atoms with Crippen LogP contribution in [-0.2, 0) is 0 Å². The van der Waals surface area contributed by atoms with Gasteiger partial charge in [-0.1, -0.05) is 12.1 Å². The monoisotopic (exact) mass is 221 g/mol. The van der Waals surface area contributed by atoms with Gasteiger partial charge in [-0.05, 0) is 24.6 Å². The van der Waals surface area contributed by atoms with Crippen LogP contribution in [0.4, 0.5) is 17.6 Å². The van der Waals surface area contributed by atoms with Crippen LogP contribution in [0, 0.1) is 6.92 Å². The van der Waals surface area contributed by atoms with E-state index in [1.807, 2.05) is 0 Å². The minimum Gasteiger partial charge on any atom is -0.406 e. The Labute approximate surface area is 84.7 Å². The molecule has 0 saturated carbocycles. The molecule has 0 aliphatic carbocycles. The van der Waals surface area contributed by atoms with Gasteiger partial charge in [0.05, 0.1) is 6.67 Å². The summed E-state index contributed by atoms with van der Waals surface area (Å²) in [7, 11) is 0. The molecule has 1 radical (unpaired) electrons. The van der Waals surface area contributed by atoms with Gasteiger partial charge in [0.1, 0.15) is 5.75 Å². The number of ether oxygens (including phenoxy) is 1. The van der Waals surface area contributed by atoms with E-state index >= 15 is 0 Å². The summed E-state index contributed by atoms with van der Waals surface area (Å²) < 4.78 is 51.4. The minimum atomic E-state index is -4.73. The van der Waals surface area contributed by atoms with Gasteiger partial charge in [0.15, 0.2) is 0 Å². The lowest BCUT2D eigenvalue weighted by atomic mass is 10.0. The van der Waals surface area contributed by atoms with E-state index in [0.29, 0.717) is 5.56 Å². The molecule has 0 saturated heterocycles. The fourth-order valence-electron chi connectivity index (χ4n) is 1.05. The lowest BCUT2D eigenvalue weighted by Gasteiger charge is -2.11. The van der Waals surface area contributed by atoms with E-state index in [4.69, 9.17) is 0 Å². The summed E-state index contributed by atoms with van der Waals surface area (Å²) >= 11 is 0. The Kier molecular flexibility index (Phi) is 3.55. The van der Waals surface area contributed by atoms with Crippen LogP contribution in [-0.4, -0.2) is 13.0 Å². The molecule has 0 aliphatic rings. The molecular weight excluding hydrogens is 212 g/mol. The Balaban J connectivity index is 2.83. The summed E-state index contributed by atoms with van der Waals surface area (Å²) in [4.78, 5) is 0. The molecule has 0 N–H and O–H groups in total. The van der Waals surface area contributed by atoms with Crippen LogP contribution in [0.3, 0.4) is 0 Å². The largest absolute Gasteiger partial charge is 0.573 e. The van der Waals surface area contributed by atoms with Crippen molar-refractivity contribution in [2.24, 2.45) is 0 Å². The molecular formula is C10H9F4O. The van der Waals surface area contributed by atoms with Crippen LogP contribution in [0.15, 0.2) is 24.3 Å². The molecule has 1 aromatic carbocycles. The smallest absolute Gasteiger partial charge is 0.406 e. The fourth-order valence-corrected chi connectivity index (χ4v) is 1.05. The first kappa shape index (κ1) is 11.8. The predicted molar refractivity (Wildman–Crippen MR) is 47.2 cm³/mol. The number of hydrogen-bond acceptors (Lipinski definition) is 1. The SMILES string of the molecule is [CH2]C(CF)c1cccc(OC(F)(F)F)c1. The Morgan fingerprint density at radius 1 is 1.33 bits per heavy atom. The Morgan fingerprint density at radius 3 is 2.53 bits per heavy atom. The van der Waals surface area contributed by atoms with Crippen LogP contribution in [0.1, 0.15) is 11.5 Å². The van der Waals surface area contributed by atoms with Gasteiger partial charge in [0, 0.05) is 5.92 Å². The molecule has 15 heavy (non-hydrogen) atoms. The summed E-state index contributed by atoms with van der Waals surface area (Å²) in [5.74, 6) is -1.04. The van der Waals surface area contributed by atoms with Crippen molar-refractivity contribution >= 4 is 0 Å². The van der Waals surface area contributed by atoms with Crippen molar-refractivity contribution < 1.29 is 22.3 Å². The maximum Gasteiger partial charge on any atom is 0.573 e. The maximum absolute atomic E-state index is 12.2. The van der Waals surface area contributed by atoms with Crippen molar-refractivity contribution in [3.8, 4) is 5.75 Å². The molecule has 0 amide bonds. The molecule has 0 aliphatic heterocycles. The maximum atomic E-state index is 12.2. The third-order valence-corrected chi connectivity index (χ3v) is 1.75. The number of benzene rings is 1. The van der Waals surface area contributed by atoms with E-state index in [1.165, 1.54) is 12.1 Å². The molecule has 5 heteroatoms. The van der Waals surface area contributed by atoms with Gasteiger partial charge in [-0.3, -0.25) is 4.39 Å². The number of alkyl halides is 4. The zero-order chi connectivity index (χ0) is 11.5. The predicted octanol–water partition coefficient (Wildman–Crippen LogP) is 3.47. The van der Waals surface area contributed by atoms with E-state index in [1.54, 1.807) is 0 Å². The normalized spacial score (nSPS) is 13.7. The van der Waals surface area contributed by atoms with Gasteiger partial charge in [0.2, 0.25) is 0 Å². The second-order valence-electron chi connectivity index (χ2n) is 2.97. The van der Waals surface area contributed by atoms with Crippen LogP contribution in [0.25, 0.3) is 0 Å². The van der Waals surface area contributed by atoms with Crippen LogP contribution in [0.5, 0.6) is 5.75 Å². The molecule has 0 spiro atoms. The molecule has 1 atom stereocenters. The third-order valence-electron chi connectivity index (χ3n) is 1.75. The summed E-state index contributed by atoms with van der Waals surface area (Å²) in [6.07, 6.45) is -4.73. The molecule has 0 aromatic heterocycles. The average molecular weight is 221 g/mol. The van der Waals surface area contributed by atoms with Gasteiger partial charge in [-0.2, -0.15) is 0 Å². The highest BCUT2D eigenvalue weighted by atomic mass is 19.4. The molecule has 0 bridgehead atoms. The highest BCUT2D eigenvalue weighted by Gasteiger charge is 2.31. The second-order valence-corrected chi connectivity index (χ2v) is 2.97. The molecule has 0 fully saturated rings. The molecule has 1 aromatic rings. The van der Waals surface area contributed by atoms with Crippen molar-refractivity contribution in [1.29, 1.82) is 0 Å². The van der Waals surface area contributed by atoms with Gasteiger partial charge < -0.3 is 4.74 Å². The lowest BCUT2D eigenvalue weighted by Crippen LogP contribution is -2.17. The molecule has 83 valence electrons. The van der Waals surface area contributed by atoms with Crippen LogP contribution >= 0.6 is 0 Å². The topological polar surface area (TPSA) is 9.23 Å². The van der Waals surface area contributed by atoms with Crippen LogP contribution < -0.4 is 4.74 Å². The van der Waals surface area contributed by atoms with Gasteiger partial charge in [-0.15, -0.1) is 13.2 Å². The third kappa shape index (κ3) is 3.77. The standard InChI is InChI=1S/C10H9F4O/c1-7(6-11)8-3-2-4-9(5-8)15-10(12,13)14/h2-5,7H,1,6H2. The Hall–Kier alpha value is -1.26. The molecule has 1 unspecified atom stereocenters. The quantitative estimate of drug-likeness (QED) is 0.710. The lowest BCUT2D eigenvalue weighted by molar-refractivity contribution is -0.274. The summed E-state index contributed by atoms with van der Waals surface area (Å²) in [5.41, 5.74) is 0.374. The Morgan fingerprint density at radius 2 is 2.00 bits per heavy atom. The van der Waals surface area contributed by atoms with E-state index < -0.39 is 19.0 Å². The molecule has 1 rings (SSSR count). The highest BCUT2D eigenvalue weighted by molar-refractivity contribution is 5.31. The van der Waals surface area contributed by atoms with Crippen molar-refractivity contribution in [3.63, 3.8) is 0 Å². The first-order valence-corrected chi connectivity index (χ1v) is 4.17. The van der Waals surface area contributed by atoms with Gasteiger partial charge in [-0.25, -0.2) is 0 Å². The average Bonchev–Trinajstić information content (AvgIpc) is 2.14. The van der Waals surface area contributed by atoms with E-state index in [2.05, 4.69) is 11.7 Å². The zero-order valence-corrected chi connectivity index (χ0v) is 7.72. The number of halogens is 4. The first-order valence-electron chi connectivity index (χ1n) is 4.17. The summed E-state index contributed by atoms with van der Waals surface area (Å²) in [5, 5.41) is 0. The number of rotatable bonds is 3. The second kappa shape index (κ2) is 4.51. The van der Waals surface area contributed by atoms with Crippen molar-refractivity contribution in [2.75, 3.05) is 6.67 Å². The van der Waals surface area contributed by atoms with Crippen molar-refractivity contribution in [3.05, 3.63) is 36.8 Å². The number of hydrogen-bond donors (Lipinski definition) is 0. The first-order chi connectivity index (χ1) is 6.92. The van der Waals surface area contributed by atoms with Crippen molar-refractivity contribution in [1.82, 2.24) is 0 Å². The van der Waals surface area contributed by atoms with Gasteiger partial charge >= 0.3 is 6.36 Å². The van der Waals surface area contributed by atoms with Crippen molar-refractivity contribution in [2.45, 2.75) is 12.3 Å².